The van der Waals surface area contributed by atoms with Gasteiger partial charge in [-0.05, 0) is 31.5 Å². The molecule has 0 radical (unpaired) electrons. The van der Waals surface area contributed by atoms with Crippen LogP contribution in [0.2, 0.25) is 0 Å². The van der Waals surface area contributed by atoms with Crippen LogP contribution >= 0.6 is 0 Å². The number of fused-ring (bicyclic) bond motifs is 2. The number of alkyl halides is 2. The van der Waals surface area contributed by atoms with Crippen LogP contribution in [-0.2, 0) is 6.54 Å². The summed E-state index contributed by atoms with van der Waals surface area (Å²) in [6, 6.07) is 2.56. The van der Waals surface area contributed by atoms with E-state index in [9.17, 15) is 17.6 Å². The Morgan fingerprint density at radius 1 is 1.11 bits per heavy atom. The molecule has 10 heteroatoms. The number of aromatic nitrogens is 5. The number of nitrogen functional groups attached to an aromatic ring is 1. The molecule has 140 valence electrons. The smallest absolute Gasteiger partial charge is 0.256 e. The van der Waals surface area contributed by atoms with E-state index in [1.54, 1.807) is 6.92 Å². The summed E-state index contributed by atoms with van der Waals surface area (Å²) in [6.45, 7) is 2.50. The summed E-state index contributed by atoms with van der Waals surface area (Å²) >= 11 is 0. The molecule has 27 heavy (non-hydrogen) atoms. The first-order valence-electron chi connectivity index (χ1n) is 8.02. The molecule has 0 bridgehead atoms. The lowest BCUT2D eigenvalue weighted by Gasteiger charge is -2.08. The highest BCUT2D eigenvalue weighted by Gasteiger charge is 2.21. The summed E-state index contributed by atoms with van der Waals surface area (Å²) < 4.78 is 57.5. The van der Waals surface area contributed by atoms with Crippen LogP contribution in [0.1, 0.15) is 11.5 Å². The Kier molecular flexibility index (Phi) is 3.79. The fraction of sp³-hybridized carbons (Fsp3) is 0.235. The number of nitrogens with two attached hydrogens (primary N) is 1. The number of rotatable bonds is 3. The lowest BCUT2D eigenvalue weighted by molar-refractivity contribution is 0.127. The van der Waals surface area contributed by atoms with Gasteiger partial charge < -0.3 is 10.3 Å². The second-order valence-electron chi connectivity index (χ2n) is 6.19. The highest BCUT2D eigenvalue weighted by Crippen LogP contribution is 2.34. The van der Waals surface area contributed by atoms with Gasteiger partial charge in [-0.1, -0.05) is 0 Å². The molecule has 3 aromatic heterocycles. The van der Waals surface area contributed by atoms with Gasteiger partial charge in [0.2, 0.25) is 5.95 Å². The van der Waals surface area contributed by atoms with Gasteiger partial charge in [0.1, 0.15) is 11.3 Å². The highest BCUT2D eigenvalue weighted by molar-refractivity contribution is 5.89. The summed E-state index contributed by atoms with van der Waals surface area (Å²) in [4.78, 5) is 8.03. The van der Waals surface area contributed by atoms with Gasteiger partial charge >= 0.3 is 0 Å². The van der Waals surface area contributed by atoms with Crippen molar-refractivity contribution in [1.82, 2.24) is 24.1 Å². The van der Waals surface area contributed by atoms with E-state index in [4.69, 9.17) is 5.73 Å². The number of halogens is 4. The van der Waals surface area contributed by atoms with E-state index in [2.05, 4.69) is 15.1 Å². The van der Waals surface area contributed by atoms with Crippen LogP contribution in [0.25, 0.3) is 27.7 Å². The SMILES string of the molecule is Cc1nc(N)nn2cc(F)c(-c3cc(F)c4nc(C)n(CC(F)F)c4c3)c12. The topological polar surface area (TPSA) is 74.0 Å². The van der Waals surface area contributed by atoms with E-state index in [0.29, 0.717) is 11.2 Å². The lowest BCUT2D eigenvalue weighted by Crippen LogP contribution is -2.08. The van der Waals surface area contributed by atoms with E-state index in [-0.39, 0.29) is 33.9 Å². The second kappa shape index (κ2) is 5.93. The molecule has 0 amide bonds. The van der Waals surface area contributed by atoms with Crippen molar-refractivity contribution < 1.29 is 17.6 Å². The molecule has 4 aromatic rings. The predicted octanol–water partition coefficient (Wildman–Crippen LogP) is 3.49. The zero-order valence-corrected chi connectivity index (χ0v) is 14.3. The molecule has 1 aromatic carbocycles. The molecule has 0 unspecified atom stereocenters. The summed E-state index contributed by atoms with van der Waals surface area (Å²) in [5.74, 6) is -1.18. The van der Waals surface area contributed by atoms with E-state index in [0.717, 1.165) is 12.3 Å². The number of aryl methyl sites for hydroxylation is 2. The first-order chi connectivity index (χ1) is 12.8. The van der Waals surface area contributed by atoms with Gasteiger partial charge in [-0.2, -0.15) is 0 Å². The third kappa shape index (κ3) is 2.68. The minimum Gasteiger partial charge on any atom is -0.367 e. The maximum absolute atomic E-state index is 14.7. The maximum Gasteiger partial charge on any atom is 0.256 e. The first-order valence-corrected chi connectivity index (χ1v) is 8.02. The van der Waals surface area contributed by atoms with Crippen LogP contribution < -0.4 is 5.73 Å². The molecule has 6 nitrogen and oxygen atoms in total. The predicted molar refractivity (Wildman–Crippen MR) is 91.5 cm³/mol. The fourth-order valence-electron chi connectivity index (χ4n) is 3.33. The van der Waals surface area contributed by atoms with Crippen LogP contribution in [0.5, 0.6) is 0 Å². The molecule has 0 fully saturated rings. The molecule has 0 aliphatic heterocycles. The summed E-state index contributed by atoms with van der Waals surface area (Å²) in [5, 5.41) is 3.92. The normalized spacial score (nSPS) is 12.0. The third-order valence-electron chi connectivity index (χ3n) is 4.38. The van der Waals surface area contributed by atoms with Crippen molar-refractivity contribution in [2.24, 2.45) is 0 Å². The Morgan fingerprint density at radius 3 is 2.56 bits per heavy atom. The molecule has 0 spiro atoms. The van der Waals surface area contributed by atoms with Gasteiger partial charge in [-0.25, -0.2) is 32.0 Å². The van der Waals surface area contributed by atoms with Crippen molar-refractivity contribution in [2.45, 2.75) is 26.8 Å². The molecule has 0 saturated carbocycles. The van der Waals surface area contributed by atoms with Gasteiger partial charge in [0.25, 0.3) is 6.43 Å². The first kappa shape index (κ1) is 17.3. The number of benzene rings is 1. The zero-order chi connectivity index (χ0) is 19.5. The maximum atomic E-state index is 14.7. The standard InChI is InChI=1S/C17H14F4N6/c1-7-16-14(11(19)5-27(16)25-17(22)23-7)9-3-10(18)15-12(4-9)26(6-13(20)21)8(2)24-15/h3-5,13H,6H2,1-2H3,(H2,22,25). The van der Waals surface area contributed by atoms with E-state index < -0.39 is 24.6 Å². The number of hydrogen-bond donors (Lipinski definition) is 1. The second-order valence-corrected chi connectivity index (χ2v) is 6.19. The highest BCUT2D eigenvalue weighted by atomic mass is 19.3. The minimum absolute atomic E-state index is 0.0335. The largest absolute Gasteiger partial charge is 0.367 e. The molecule has 0 aliphatic carbocycles. The van der Waals surface area contributed by atoms with E-state index in [1.165, 1.54) is 22.1 Å². The van der Waals surface area contributed by atoms with Crippen molar-refractivity contribution in [2.75, 3.05) is 5.73 Å². The summed E-state index contributed by atoms with van der Waals surface area (Å²) in [5.41, 5.74) is 6.66. The Labute approximate surface area is 150 Å². The number of anilines is 1. The lowest BCUT2D eigenvalue weighted by atomic mass is 10.0. The molecule has 0 atom stereocenters. The molecular formula is C17H14F4N6. The molecule has 4 rings (SSSR count). The van der Waals surface area contributed by atoms with Crippen LogP contribution in [0.4, 0.5) is 23.5 Å². The van der Waals surface area contributed by atoms with Crippen LogP contribution in [0.15, 0.2) is 18.3 Å². The quantitative estimate of drug-likeness (QED) is 0.554. The van der Waals surface area contributed by atoms with E-state index in [1.807, 2.05) is 0 Å². The monoisotopic (exact) mass is 378 g/mol. The summed E-state index contributed by atoms with van der Waals surface area (Å²) in [7, 11) is 0. The number of nitrogens with zero attached hydrogens (tertiary/aromatic N) is 5. The molecule has 0 saturated heterocycles. The van der Waals surface area contributed by atoms with Gasteiger partial charge in [0.05, 0.1) is 29.5 Å². The van der Waals surface area contributed by atoms with Crippen LogP contribution in [0, 0.1) is 25.5 Å². The van der Waals surface area contributed by atoms with Crippen molar-refractivity contribution in [3.63, 3.8) is 0 Å². The van der Waals surface area contributed by atoms with Crippen LogP contribution in [-0.4, -0.2) is 30.6 Å². The van der Waals surface area contributed by atoms with Crippen molar-refractivity contribution in [3.05, 3.63) is 41.5 Å². The third-order valence-corrected chi connectivity index (χ3v) is 4.38. The average molecular weight is 378 g/mol. The van der Waals surface area contributed by atoms with Gasteiger partial charge in [0.15, 0.2) is 11.6 Å². The molecular weight excluding hydrogens is 364 g/mol. The molecule has 2 N–H and O–H groups in total. The van der Waals surface area contributed by atoms with Gasteiger partial charge in [-0.15, -0.1) is 5.10 Å². The minimum atomic E-state index is -2.64. The molecule has 0 aliphatic rings. The Balaban J connectivity index is 2.03. The van der Waals surface area contributed by atoms with Crippen molar-refractivity contribution >= 4 is 22.5 Å². The van der Waals surface area contributed by atoms with Crippen LogP contribution in [0.3, 0.4) is 0 Å². The Hall–Kier alpha value is -3.17. The van der Waals surface area contributed by atoms with Gasteiger partial charge in [0, 0.05) is 5.56 Å². The Bertz CT molecular complexity index is 1190. The molecule has 3 heterocycles. The van der Waals surface area contributed by atoms with Gasteiger partial charge in [-0.3, -0.25) is 0 Å². The Morgan fingerprint density at radius 2 is 1.85 bits per heavy atom. The van der Waals surface area contributed by atoms with Crippen molar-refractivity contribution in [3.8, 4) is 11.1 Å². The number of hydrogen-bond acceptors (Lipinski definition) is 4. The number of imidazole rings is 1. The van der Waals surface area contributed by atoms with Crippen molar-refractivity contribution in [1.29, 1.82) is 0 Å². The van der Waals surface area contributed by atoms with E-state index >= 15 is 0 Å². The summed E-state index contributed by atoms with van der Waals surface area (Å²) in [6.07, 6.45) is -1.53. The average Bonchev–Trinajstić information content (AvgIpc) is 3.05. The fourth-order valence-corrected chi connectivity index (χ4v) is 3.33. The zero-order valence-electron chi connectivity index (χ0n) is 14.3.